The molecule has 0 aliphatic heterocycles. The number of thiazole rings is 1. The summed E-state index contributed by atoms with van der Waals surface area (Å²) in [5.41, 5.74) is 4.32. The molecule has 0 saturated heterocycles. The second kappa shape index (κ2) is 6.29. The Morgan fingerprint density at radius 2 is 2.04 bits per heavy atom. The van der Waals surface area contributed by atoms with E-state index in [1.165, 1.54) is 0 Å². The first-order valence-corrected chi connectivity index (χ1v) is 8.48. The number of nitrogens with one attached hydrogen (secondary N) is 3. The van der Waals surface area contributed by atoms with Crippen molar-refractivity contribution in [3.05, 3.63) is 64.2 Å². The van der Waals surface area contributed by atoms with Gasteiger partial charge >= 0.3 is 5.69 Å². The Bertz CT molecular complexity index is 1020. The molecule has 1 aromatic carbocycles. The van der Waals surface area contributed by atoms with Crippen LogP contribution in [0.1, 0.15) is 5.69 Å². The number of imidazole rings is 1. The van der Waals surface area contributed by atoms with Crippen molar-refractivity contribution >= 4 is 27.5 Å². The van der Waals surface area contributed by atoms with E-state index >= 15 is 0 Å². The Morgan fingerprint density at radius 1 is 1.12 bits per heavy atom. The number of aromatic nitrogens is 4. The van der Waals surface area contributed by atoms with E-state index in [4.69, 9.17) is 0 Å². The van der Waals surface area contributed by atoms with Gasteiger partial charge in [-0.1, -0.05) is 12.1 Å². The number of hydrogen-bond donors (Lipinski definition) is 3. The average molecular weight is 337 g/mol. The minimum absolute atomic E-state index is 0.197. The van der Waals surface area contributed by atoms with Crippen molar-refractivity contribution < 1.29 is 0 Å². The second-order valence-electron chi connectivity index (χ2n) is 5.38. The summed E-state index contributed by atoms with van der Waals surface area (Å²) >= 11 is 1.57. The Morgan fingerprint density at radius 3 is 2.92 bits per heavy atom. The van der Waals surface area contributed by atoms with E-state index in [9.17, 15) is 4.79 Å². The standard InChI is InChI=1S/C17H15N5OS/c23-16-20-13-5-4-11(9-14(13)21-16)15-10-24-17(22-15)19-8-6-12-3-1-2-7-18-12/h1-5,7,9-10H,6,8H2,(H,19,22)(H2,20,21,23). The molecular weight excluding hydrogens is 322 g/mol. The van der Waals surface area contributed by atoms with Gasteiger partial charge in [0, 0.05) is 35.8 Å². The highest BCUT2D eigenvalue weighted by Gasteiger charge is 2.07. The topological polar surface area (TPSA) is 86.5 Å². The van der Waals surface area contributed by atoms with E-state index in [0.717, 1.165) is 46.1 Å². The molecule has 120 valence electrons. The van der Waals surface area contributed by atoms with Crippen molar-refractivity contribution in [3.63, 3.8) is 0 Å². The molecule has 0 spiro atoms. The Kier molecular flexibility index (Phi) is 3.84. The maximum absolute atomic E-state index is 11.3. The molecule has 0 radical (unpaired) electrons. The highest BCUT2D eigenvalue weighted by Crippen LogP contribution is 2.26. The van der Waals surface area contributed by atoms with Crippen LogP contribution < -0.4 is 11.0 Å². The van der Waals surface area contributed by atoms with Crippen molar-refractivity contribution in [2.24, 2.45) is 0 Å². The van der Waals surface area contributed by atoms with Gasteiger partial charge in [-0.3, -0.25) is 4.98 Å². The first-order chi connectivity index (χ1) is 11.8. The van der Waals surface area contributed by atoms with Crippen molar-refractivity contribution in [2.45, 2.75) is 6.42 Å². The summed E-state index contributed by atoms with van der Waals surface area (Å²) in [4.78, 5) is 25.8. The predicted molar refractivity (Wildman–Crippen MR) is 96.5 cm³/mol. The minimum Gasteiger partial charge on any atom is -0.361 e. The van der Waals surface area contributed by atoms with E-state index in [1.807, 2.05) is 41.8 Å². The Balaban J connectivity index is 1.46. The predicted octanol–water partition coefficient (Wildman–Crippen LogP) is 3.03. The van der Waals surface area contributed by atoms with Gasteiger partial charge < -0.3 is 15.3 Å². The fraction of sp³-hybridized carbons (Fsp3) is 0.118. The van der Waals surface area contributed by atoms with E-state index < -0.39 is 0 Å². The molecule has 0 atom stereocenters. The molecule has 0 aliphatic carbocycles. The summed E-state index contributed by atoms with van der Waals surface area (Å²) in [6.45, 7) is 0.786. The van der Waals surface area contributed by atoms with Gasteiger partial charge in [0.15, 0.2) is 5.13 Å². The van der Waals surface area contributed by atoms with Gasteiger partial charge in [-0.25, -0.2) is 9.78 Å². The van der Waals surface area contributed by atoms with Crippen molar-refractivity contribution in [2.75, 3.05) is 11.9 Å². The fourth-order valence-electron chi connectivity index (χ4n) is 2.52. The molecule has 4 rings (SSSR count). The molecule has 7 heteroatoms. The number of benzene rings is 1. The zero-order valence-corrected chi connectivity index (χ0v) is 13.6. The normalized spacial score (nSPS) is 11.0. The van der Waals surface area contributed by atoms with E-state index in [-0.39, 0.29) is 5.69 Å². The van der Waals surface area contributed by atoms with Crippen LogP contribution in [0.15, 0.2) is 52.8 Å². The molecule has 0 bridgehead atoms. The largest absolute Gasteiger partial charge is 0.361 e. The number of nitrogens with zero attached hydrogens (tertiary/aromatic N) is 2. The van der Waals surface area contributed by atoms with Gasteiger partial charge in [0.2, 0.25) is 0 Å². The van der Waals surface area contributed by atoms with Crippen LogP contribution in [-0.2, 0) is 6.42 Å². The summed E-state index contributed by atoms with van der Waals surface area (Å²) < 4.78 is 0. The number of anilines is 1. The zero-order chi connectivity index (χ0) is 16.4. The molecule has 3 heterocycles. The van der Waals surface area contributed by atoms with E-state index in [0.29, 0.717) is 0 Å². The number of hydrogen-bond acceptors (Lipinski definition) is 5. The highest BCUT2D eigenvalue weighted by atomic mass is 32.1. The minimum atomic E-state index is -0.197. The zero-order valence-electron chi connectivity index (χ0n) is 12.7. The summed E-state index contributed by atoms with van der Waals surface area (Å²) in [6.07, 6.45) is 2.66. The van der Waals surface area contributed by atoms with Gasteiger partial charge in [0.25, 0.3) is 0 Å². The van der Waals surface area contributed by atoms with Gasteiger partial charge in [0.1, 0.15) is 0 Å². The maximum atomic E-state index is 11.3. The van der Waals surface area contributed by atoms with Crippen molar-refractivity contribution in [1.82, 2.24) is 19.9 Å². The molecule has 0 aliphatic rings. The third kappa shape index (κ3) is 3.07. The van der Waals surface area contributed by atoms with Gasteiger partial charge in [-0.05, 0) is 24.3 Å². The summed E-state index contributed by atoms with van der Waals surface area (Å²) in [7, 11) is 0. The maximum Gasteiger partial charge on any atom is 0.323 e. The van der Waals surface area contributed by atoms with Crippen LogP contribution in [0.4, 0.5) is 5.13 Å². The monoisotopic (exact) mass is 337 g/mol. The number of H-pyrrole nitrogens is 2. The number of rotatable bonds is 5. The van der Waals surface area contributed by atoms with Crippen LogP contribution in [0, 0.1) is 0 Å². The van der Waals surface area contributed by atoms with E-state index in [1.54, 1.807) is 17.5 Å². The Labute approximate surface area is 141 Å². The van der Waals surface area contributed by atoms with Crippen LogP contribution >= 0.6 is 11.3 Å². The molecule has 0 fully saturated rings. The lowest BCUT2D eigenvalue weighted by molar-refractivity contribution is 0.959. The van der Waals surface area contributed by atoms with Crippen LogP contribution in [0.25, 0.3) is 22.3 Å². The smallest absolute Gasteiger partial charge is 0.323 e. The van der Waals surface area contributed by atoms with Gasteiger partial charge in [-0.15, -0.1) is 11.3 Å². The number of fused-ring (bicyclic) bond motifs is 1. The van der Waals surface area contributed by atoms with Crippen molar-refractivity contribution in [1.29, 1.82) is 0 Å². The SMILES string of the molecule is O=c1[nH]c2ccc(-c3csc(NCCc4ccccn4)n3)cc2[nH]1. The molecule has 3 aromatic heterocycles. The number of pyridine rings is 1. The highest BCUT2D eigenvalue weighted by molar-refractivity contribution is 7.14. The third-order valence-corrected chi connectivity index (χ3v) is 4.50. The fourth-order valence-corrected chi connectivity index (χ4v) is 3.27. The number of aromatic amines is 2. The second-order valence-corrected chi connectivity index (χ2v) is 6.23. The van der Waals surface area contributed by atoms with Crippen LogP contribution in [0.3, 0.4) is 0 Å². The molecule has 3 N–H and O–H groups in total. The first-order valence-electron chi connectivity index (χ1n) is 7.60. The average Bonchev–Trinajstić information content (AvgIpc) is 3.20. The molecule has 4 aromatic rings. The lowest BCUT2D eigenvalue weighted by atomic mass is 10.1. The molecule has 0 amide bonds. The van der Waals surface area contributed by atoms with E-state index in [2.05, 4.69) is 25.3 Å². The molecule has 6 nitrogen and oxygen atoms in total. The third-order valence-electron chi connectivity index (χ3n) is 3.70. The summed E-state index contributed by atoms with van der Waals surface area (Å²) in [5.74, 6) is 0. The van der Waals surface area contributed by atoms with Crippen LogP contribution in [-0.4, -0.2) is 26.5 Å². The van der Waals surface area contributed by atoms with Crippen molar-refractivity contribution in [3.8, 4) is 11.3 Å². The lowest BCUT2D eigenvalue weighted by Crippen LogP contribution is -2.05. The van der Waals surface area contributed by atoms with Crippen LogP contribution in [0.2, 0.25) is 0 Å². The molecular formula is C17H15N5OS. The molecule has 0 unspecified atom stereocenters. The van der Waals surface area contributed by atoms with Gasteiger partial charge in [-0.2, -0.15) is 0 Å². The summed E-state index contributed by atoms with van der Waals surface area (Å²) in [6, 6.07) is 11.7. The first kappa shape index (κ1) is 14.6. The van der Waals surface area contributed by atoms with Crippen LogP contribution in [0.5, 0.6) is 0 Å². The molecule has 0 saturated carbocycles. The lowest BCUT2D eigenvalue weighted by Gasteiger charge is -2.02. The summed E-state index contributed by atoms with van der Waals surface area (Å²) in [5, 5.41) is 6.22. The Hall–Kier alpha value is -2.93. The quantitative estimate of drug-likeness (QED) is 0.522. The molecule has 24 heavy (non-hydrogen) atoms. The van der Waals surface area contributed by atoms with Gasteiger partial charge in [0.05, 0.1) is 16.7 Å².